The van der Waals surface area contributed by atoms with Crippen LogP contribution in [0.2, 0.25) is 0 Å². The van der Waals surface area contributed by atoms with Gasteiger partial charge in [-0.3, -0.25) is 0 Å². The minimum Gasteiger partial charge on any atom is -0.372 e. The molecule has 29 heavy (non-hydrogen) atoms. The van der Waals surface area contributed by atoms with Gasteiger partial charge in [0.1, 0.15) is 0 Å². The maximum atomic E-state index is 4.86. The van der Waals surface area contributed by atoms with Crippen LogP contribution in [0.4, 0.5) is 11.6 Å². The second-order valence-electron chi connectivity index (χ2n) is 7.48. The topological polar surface area (TPSA) is 37.5 Å². The lowest BCUT2D eigenvalue weighted by atomic mass is 10.2. The predicted octanol–water partition coefficient (Wildman–Crippen LogP) is 3.42. The number of benzene rings is 2. The van der Waals surface area contributed by atoms with Crippen molar-refractivity contribution >= 4 is 22.7 Å². The zero-order chi connectivity index (χ0) is 20.6. The molecular weight excluding hydrogens is 358 g/mol. The van der Waals surface area contributed by atoms with Crippen LogP contribution in [0.3, 0.4) is 0 Å². The fraction of sp³-hybridized carbons (Fsp3) is 0.458. The molecule has 0 atom stereocenters. The fourth-order valence-corrected chi connectivity index (χ4v) is 3.90. The van der Waals surface area contributed by atoms with Crippen molar-refractivity contribution < 1.29 is 4.90 Å². The van der Waals surface area contributed by atoms with Gasteiger partial charge in [-0.2, -0.15) is 0 Å². The number of imidazole rings is 1. The van der Waals surface area contributed by atoms with Crippen LogP contribution in [-0.2, 0) is 13.1 Å². The molecule has 5 heteroatoms. The lowest BCUT2D eigenvalue weighted by molar-refractivity contribution is -0.897. The van der Waals surface area contributed by atoms with Crippen LogP contribution in [0.1, 0.15) is 33.3 Å². The molecule has 0 saturated carbocycles. The van der Waals surface area contributed by atoms with E-state index in [1.54, 1.807) is 4.90 Å². The minimum atomic E-state index is 0.778. The Balaban J connectivity index is 1.74. The van der Waals surface area contributed by atoms with Crippen molar-refractivity contribution in [2.45, 2.75) is 40.8 Å². The summed E-state index contributed by atoms with van der Waals surface area (Å²) in [6.45, 7) is 16.2. The van der Waals surface area contributed by atoms with Crippen molar-refractivity contribution in [1.82, 2.24) is 9.55 Å². The molecule has 156 valence electrons. The van der Waals surface area contributed by atoms with Crippen molar-refractivity contribution in [2.75, 3.05) is 42.9 Å². The summed E-state index contributed by atoms with van der Waals surface area (Å²) in [6.07, 6.45) is 0. The zero-order valence-electron chi connectivity index (χ0n) is 18.4. The smallest absolute Gasteiger partial charge is 0.204 e. The van der Waals surface area contributed by atoms with Crippen molar-refractivity contribution in [1.29, 1.82) is 0 Å². The molecule has 2 aromatic carbocycles. The number of hydrogen-bond donors (Lipinski definition) is 2. The van der Waals surface area contributed by atoms with Gasteiger partial charge in [0.25, 0.3) is 0 Å². The molecule has 0 spiro atoms. The number of anilines is 2. The van der Waals surface area contributed by atoms with Crippen molar-refractivity contribution in [3.8, 4) is 0 Å². The van der Waals surface area contributed by atoms with E-state index in [9.17, 15) is 0 Å². The molecule has 0 bridgehead atoms. The van der Waals surface area contributed by atoms with E-state index in [4.69, 9.17) is 4.98 Å². The van der Waals surface area contributed by atoms with Gasteiger partial charge in [-0.05, 0) is 57.5 Å². The molecule has 1 aromatic heterocycles. The third-order valence-electron chi connectivity index (χ3n) is 5.86. The molecule has 0 aliphatic rings. The number of nitrogens with one attached hydrogen (secondary N) is 2. The first-order valence-corrected chi connectivity index (χ1v) is 11.1. The summed E-state index contributed by atoms with van der Waals surface area (Å²) in [5, 5.41) is 3.58. The summed E-state index contributed by atoms with van der Waals surface area (Å²) < 4.78 is 2.34. The SMILES string of the molecule is CCN(CC)c1ccc(CNc2nc3ccccc3n2CC[NH+](CC)CC)cc1. The summed E-state index contributed by atoms with van der Waals surface area (Å²) >= 11 is 0. The van der Waals surface area contributed by atoms with Gasteiger partial charge < -0.3 is 19.7 Å². The second kappa shape index (κ2) is 10.3. The highest BCUT2D eigenvalue weighted by Crippen LogP contribution is 2.20. The van der Waals surface area contributed by atoms with Crippen molar-refractivity contribution in [3.63, 3.8) is 0 Å². The highest BCUT2D eigenvalue weighted by molar-refractivity contribution is 5.78. The average molecular weight is 395 g/mol. The molecule has 0 saturated heterocycles. The van der Waals surface area contributed by atoms with E-state index in [2.05, 4.69) is 91.0 Å². The monoisotopic (exact) mass is 394 g/mol. The van der Waals surface area contributed by atoms with Gasteiger partial charge in [0, 0.05) is 25.3 Å². The number of rotatable bonds is 11. The lowest BCUT2D eigenvalue weighted by Gasteiger charge is -2.21. The van der Waals surface area contributed by atoms with Gasteiger partial charge >= 0.3 is 0 Å². The quantitative estimate of drug-likeness (QED) is 0.523. The minimum absolute atomic E-state index is 0.778. The Bertz CT molecular complexity index is 876. The molecule has 5 nitrogen and oxygen atoms in total. The molecule has 1 heterocycles. The summed E-state index contributed by atoms with van der Waals surface area (Å²) in [7, 11) is 0. The normalized spacial score (nSPS) is 11.3. The van der Waals surface area contributed by atoms with Gasteiger partial charge in [-0.1, -0.05) is 24.3 Å². The third kappa shape index (κ3) is 5.10. The molecule has 0 aliphatic carbocycles. The molecule has 3 aromatic rings. The first-order valence-electron chi connectivity index (χ1n) is 11.1. The number of para-hydroxylation sites is 2. The highest BCUT2D eigenvalue weighted by Gasteiger charge is 2.12. The van der Waals surface area contributed by atoms with Crippen LogP contribution in [0.15, 0.2) is 48.5 Å². The van der Waals surface area contributed by atoms with Crippen LogP contribution in [0.5, 0.6) is 0 Å². The Morgan fingerprint density at radius 2 is 1.62 bits per heavy atom. The van der Waals surface area contributed by atoms with E-state index in [1.807, 2.05) is 0 Å². The van der Waals surface area contributed by atoms with Gasteiger partial charge in [0.2, 0.25) is 5.95 Å². The van der Waals surface area contributed by atoms with E-state index in [0.29, 0.717) is 0 Å². The predicted molar refractivity (Wildman–Crippen MR) is 124 cm³/mol. The molecule has 0 unspecified atom stereocenters. The van der Waals surface area contributed by atoms with Gasteiger partial charge in [-0.15, -0.1) is 0 Å². The molecule has 3 rings (SSSR count). The number of aromatic nitrogens is 2. The van der Waals surface area contributed by atoms with Crippen LogP contribution >= 0.6 is 0 Å². The first-order chi connectivity index (χ1) is 14.2. The molecule has 0 radical (unpaired) electrons. The van der Waals surface area contributed by atoms with Crippen LogP contribution in [-0.4, -0.2) is 42.3 Å². The Kier molecular flexibility index (Phi) is 7.53. The zero-order valence-corrected chi connectivity index (χ0v) is 18.4. The van der Waals surface area contributed by atoms with Crippen molar-refractivity contribution in [3.05, 3.63) is 54.1 Å². The molecule has 2 N–H and O–H groups in total. The van der Waals surface area contributed by atoms with Crippen LogP contribution in [0, 0.1) is 0 Å². The first kappa shape index (κ1) is 21.2. The average Bonchev–Trinajstić information content (AvgIpc) is 3.12. The van der Waals surface area contributed by atoms with Gasteiger partial charge in [0.15, 0.2) is 0 Å². The standard InChI is InChI=1S/C24H35N5/c1-5-27(6-2)17-18-29-23-12-10-9-11-22(23)26-24(29)25-19-20-13-15-21(16-14-20)28(7-3)8-4/h9-16H,5-8,17-19H2,1-4H3,(H,25,26)/p+1. The van der Waals surface area contributed by atoms with E-state index in [1.165, 1.54) is 16.8 Å². The molecule has 0 aliphatic heterocycles. The number of likely N-dealkylation sites (N-methyl/N-ethyl adjacent to an activating group) is 1. The lowest BCUT2D eigenvalue weighted by Crippen LogP contribution is -3.11. The van der Waals surface area contributed by atoms with Gasteiger partial charge in [0.05, 0.1) is 37.2 Å². The highest BCUT2D eigenvalue weighted by atomic mass is 15.2. The Morgan fingerprint density at radius 3 is 2.28 bits per heavy atom. The van der Waals surface area contributed by atoms with E-state index >= 15 is 0 Å². The molecule has 0 amide bonds. The fourth-order valence-electron chi connectivity index (χ4n) is 3.90. The number of quaternary nitrogens is 1. The van der Waals surface area contributed by atoms with Crippen LogP contribution in [0.25, 0.3) is 11.0 Å². The number of hydrogen-bond acceptors (Lipinski definition) is 3. The largest absolute Gasteiger partial charge is 0.372 e. The summed E-state index contributed by atoms with van der Waals surface area (Å²) in [6, 6.07) is 17.3. The Hall–Kier alpha value is -2.53. The summed E-state index contributed by atoms with van der Waals surface area (Å²) in [4.78, 5) is 8.84. The van der Waals surface area contributed by atoms with E-state index in [0.717, 1.165) is 57.3 Å². The second-order valence-corrected chi connectivity index (χ2v) is 7.48. The Morgan fingerprint density at radius 1 is 0.931 bits per heavy atom. The Labute approximate surface area is 175 Å². The molecular formula is C24H36N5+. The number of nitrogens with zero attached hydrogens (tertiary/aromatic N) is 3. The summed E-state index contributed by atoms with van der Waals surface area (Å²) in [5.74, 6) is 0.963. The van der Waals surface area contributed by atoms with Crippen LogP contribution < -0.4 is 15.1 Å². The van der Waals surface area contributed by atoms with Gasteiger partial charge in [-0.25, -0.2) is 4.98 Å². The van der Waals surface area contributed by atoms with Crippen molar-refractivity contribution in [2.24, 2.45) is 0 Å². The van der Waals surface area contributed by atoms with E-state index < -0.39 is 0 Å². The third-order valence-corrected chi connectivity index (χ3v) is 5.86. The summed E-state index contributed by atoms with van der Waals surface area (Å²) in [5.41, 5.74) is 4.82. The maximum Gasteiger partial charge on any atom is 0.204 e. The molecule has 0 fully saturated rings. The van der Waals surface area contributed by atoms with E-state index in [-0.39, 0.29) is 0 Å². The maximum absolute atomic E-state index is 4.86. The number of fused-ring (bicyclic) bond motifs is 1.